The first-order valence-corrected chi connectivity index (χ1v) is 9.39. The average Bonchev–Trinajstić information content (AvgIpc) is 3.42. The molecule has 1 N–H and O–H groups in total. The summed E-state index contributed by atoms with van der Waals surface area (Å²) in [5.74, 6) is 0.899. The number of carbonyl (C=O) groups is 1. The van der Waals surface area contributed by atoms with E-state index in [9.17, 15) is 4.79 Å². The second-order valence-electron chi connectivity index (χ2n) is 6.76. The molecule has 0 bridgehead atoms. The molecule has 8 heteroatoms. The molecule has 0 aliphatic rings. The summed E-state index contributed by atoms with van der Waals surface area (Å²) in [4.78, 5) is 16.6. The van der Waals surface area contributed by atoms with E-state index in [-0.39, 0.29) is 24.2 Å². The van der Waals surface area contributed by atoms with Gasteiger partial charge in [0.1, 0.15) is 12.4 Å². The number of carbonyl (C=O) groups excluding carboxylic acids is 1. The van der Waals surface area contributed by atoms with Gasteiger partial charge in [0.2, 0.25) is 0 Å². The minimum Gasteiger partial charge on any atom is -0.486 e. The zero-order valence-corrected chi connectivity index (χ0v) is 16.0. The van der Waals surface area contributed by atoms with Gasteiger partial charge < -0.3 is 14.6 Å². The van der Waals surface area contributed by atoms with Crippen LogP contribution in [0.3, 0.4) is 0 Å². The lowest BCUT2D eigenvalue weighted by atomic mass is 10.2. The Morgan fingerprint density at radius 3 is 3.03 bits per heavy atom. The number of nitrogens with one attached hydrogen (secondary N) is 1. The molecular formula is C21H21N5O3. The Balaban J connectivity index is 1.29. The quantitative estimate of drug-likeness (QED) is 0.496. The van der Waals surface area contributed by atoms with Gasteiger partial charge in [-0.15, -0.1) is 0 Å². The number of aromatic nitrogens is 4. The van der Waals surface area contributed by atoms with E-state index < -0.39 is 0 Å². The lowest BCUT2D eigenvalue weighted by molar-refractivity contribution is 0.0928. The molecule has 0 saturated carbocycles. The molecule has 8 nitrogen and oxygen atoms in total. The maximum absolute atomic E-state index is 12.3. The molecule has 0 aliphatic carbocycles. The molecule has 3 aromatic heterocycles. The first kappa shape index (κ1) is 18.7. The number of benzene rings is 1. The van der Waals surface area contributed by atoms with Gasteiger partial charge in [-0.1, -0.05) is 11.2 Å². The highest BCUT2D eigenvalue weighted by Gasteiger charge is 2.15. The lowest BCUT2D eigenvalue weighted by Gasteiger charge is -2.12. The Morgan fingerprint density at radius 2 is 2.17 bits per heavy atom. The van der Waals surface area contributed by atoms with Crippen LogP contribution in [0, 0.1) is 0 Å². The van der Waals surface area contributed by atoms with Crippen molar-refractivity contribution in [2.75, 3.05) is 0 Å². The van der Waals surface area contributed by atoms with E-state index >= 15 is 0 Å². The Kier molecular flexibility index (Phi) is 5.51. The lowest BCUT2D eigenvalue weighted by Crippen LogP contribution is -2.33. The number of pyridine rings is 1. The maximum atomic E-state index is 12.3. The van der Waals surface area contributed by atoms with Crippen molar-refractivity contribution in [1.29, 1.82) is 0 Å². The second kappa shape index (κ2) is 8.55. The molecule has 4 aromatic rings. The van der Waals surface area contributed by atoms with Gasteiger partial charge in [0.15, 0.2) is 11.5 Å². The first-order chi connectivity index (χ1) is 14.2. The standard InChI is InChI=1S/C21H21N5O3/c1-15(7-11-26-10-3-9-23-26)24-21(27)20-13-18(29-25-20)14-28-17-5-6-19-16(12-17)4-2-8-22-19/h2-6,8-10,12-13,15H,7,11,14H2,1H3,(H,24,27)/t15-/m0/s1. The van der Waals surface area contributed by atoms with Crippen LogP contribution in [0.1, 0.15) is 29.6 Å². The minimum atomic E-state index is -0.273. The highest BCUT2D eigenvalue weighted by atomic mass is 16.5. The fraction of sp³-hybridized carbons (Fsp3) is 0.238. The van der Waals surface area contributed by atoms with Crippen LogP contribution in [0.2, 0.25) is 0 Å². The summed E-state index contributed by atoms with van der Waals surface area (Å²) in [5.41, 5.74) is 1.14. The van der Waals surface area contributed by atoms with E-state index in [4.69, 9.17) is 9.26 Å². The van der Waals surface area contributed by atoms with Crippen molar-refractivity contribution in [1.82, 2.24) is 25.2 Å². The van der Waals surface area contributed by atoms with E-state index in [1.165, 1.54) is 0 Å². The number of ether oxygens (including phenoxy) is 1. The van der Waals surface area contributed by atoms with E-state index in [0.29, 0.717) is 11.5 Å². The molecule has 1 atom stereocenters. The summed E-state index contributed by atoms with van der Waals surface area (Å²) in [6, 6.07) is 13.0. The van der Waals surface area contributed by atoms with Crippen LogP contribution in [-0.4, -0.2) is 31.9 Å². The zero-order chi connectivity index (χ0) is 20.1. The normalized spacial score (nSPS) is 12.0. The van der Waals surface area contributed by atoms with Crippen LogP contribution in [0.15, 0.2) is 65.6 Å². The number of rotatable bonds is 8. The van der Waals surface area contributed by atoms with E-state index in [1.54, 1.807) is 18.5 Å². The van der Waals surface area contributed by atoms with Crippen LogP contribution in [0.4, 0.5) is 0 Å². The summed E-state index contributed by atoms with van der Waals surface area (Å²) in [7, 11) is 0. The van der Waals surface area contributed by atoms with Crippen LogP contribution in [0.25, 0.3) is 10.9 Å². The van der Waals surface area contributed by atoms with Crippen LogP contribution in [-0.2, 0) is 13.2 Å². The fourth-order valence-electron chi connectivity index (χ4n) is 2.91. The fourth-order valence-corrected chi connectivity index (χ4v) is 2.91. The van der Waals surface area contributed by atoms with Crippen molar-refractivity contribution in [3.63, 3.8) is 0 Å². The van der Waals surface area contributed by atoms with Gasteiger partial charge in [-0.25, -0.2) is 0 Å². The molecule has 4 rings (SSSR count). The van der Waals surface area contributed by atoms with Crippen LogP contribution >= 0.6 is 0 Å². The van der Waals surface area contributed by atoms with Gasteiger partial charge >= 0.3 is 0 Å². The molecule has 0 unspecified atom stereocenters. The summed E-state index contributed by atoms with van der Waals surface area (Å²) in [5, 5.41) is 11.9. The Morgan fingerprint density at radius 1 is 1.24 bits per heavy atom. The van der Waals surface area contributed by atoms with E-state index in [0.717, 1.165) is 23.9 Å². The summed E-state index contributed by atoms with van der Waals surface area (Å²) in [6.07, 6.45) is 6.14. The van der Waals surface area contributed by atoms with Crippen molar-refractivity contribution >= 4 is 16.8 Å². The summed E-state index contributed by atoms with van der Waals surface area (Å²) in [6.45, 7) is 2.86. The minimum absolute atomic E-state index is 0.0192. The number of fused-ring (bicyclic) bond motifs is 1. The first-order valence-electron chi connectivity index (χ1n) is 9.39. The van der Waals surface area contributed by atoms with Crippen LogP contribution in [0.5, 0.6) is 5.75 Å². The van der Waals surface area contributed by atoms with Crippen LogP contribution < -0.4 is 10.1 Å². The molecule has 0 aliphatic heterocycles. The molecule has 0 fully saturated rings. The Hall–Kier alpha value is -3.68. The van der Waals surface area contributed by atoms with Crippen molar-refractivity contribution in [3.8, 4) is 5.75 Å². The average molecular weight is 391 g/mol. The molecule has 3 heterocycles. The van der Waals surface area contributed by atoms with E-state index in [2.05, 4.69) is 20.6 Å². The summed E-state index contributed by atoms with van der Waals surface area (Å²) < 4.78 is 12.8. The highest BCUT2D eigenvalue weighted by molar-refractivity contribution is 5.92. The smallest absolute Gasteiger partial charge is 0.273 e. The topological polar surface area (TPSA) is 95.1 Å². The predicted molar refractivity (Wildman–Crippen MR) is 106 cm³/mol. The molecular weight excluding hydrogens is 370 g/mol. The Labute approximate surface area is 167 Å². The van der Waals surface area contributed by atoms with E-state index in [1.807, 2.05) is 54.2 Å². The molecule has 0 spiro atoms. The van der Waals surface area contributed by atoms with Gasteiger partial charge in [-0.05, 0) is 43.7 Å². The van der Waals surface area contributed by atoms with Gasteiger partial charge in [-0.3, -0.25) is 14.5 Å². The summed E-state index contributed by atoms with van der Waals surface area (Å²) >= 11 is 0. The number of hydrogen-bond donors (Lipinski definition) is 1. The third-order valence-electron chi connectivity index (χ3n) is 4.48. The number of amides is 1. The SMILES string of the molecule is C[C@@H](CCn1cccn1)NC(=O)c1cc(COc2ccc3ncccc3c2)on1. The molecule has 1 amide bonds. The van der Waals surface area contributed by atoms with Gasteiger partial charge in [0.05, 0.1) is 5.52 Å². The number of hydrogen-bond acceptors (Lipinski definition) is 6. The molecule has 29 heavy (non-hydrogen) atoms. The number of aryl methyl sites for hydroxylation is 1. The number of nitrogens with zero attached hydrogens (tertiary/aromatic N) is 4. The zero-order valence-electron chi connectivity index (χ0n) is 16.0. The van der Waals surface area contributed by atoms with Gasteiger partial charge in [-0.2, -0.15) is 5.10 Å². The van der Waals surface area contributed by atoms with Crippen molar-refractivity contribution in [2.45, 2.75) is 32.5 Å². The molecule has 1 aromatic carbocycles. The Bertz CT molecular complexity index is 1090. The predicted octanol–water partition coefficient (Wildman–Crippen LogP) is 3.21. The second-order valence-corrected chi connectivity index (χ2v) is 6.76. The van der Waals surface area contributed by atoms with Crippen molar-refractivity contribution in [3.05, 3.63) is 72.5 Å². The van der Waals surface area contributed by atoms with Crippen molar-refractivity contribution in [2.24, 2.45) is 0 Å². The third kappa shape index (κ3) is 4.78. The van der Waals surface area contributed by atoms with Gasteiger partial charge in [0.25, 0.3) is 5.91 Å². The monoisotopic (exact) mass is 391 g/mol. The highest BCUT2D eigenvalue weighted by Crippen LogP contribution is 2.20. The van der Waals surface area contributed by atoms with Crippen molar-refractivity contribution < 1.29 is 14.1 Å². The third-order valence-corrected chi connectivity index (χ3v) is 4.48. The molecule has 148 valence electrons. The molecule has 0 radical (unpaired) electrons. The maximum Gasteiger partial charge on any atom is 0.273 e. The largest absolute Gasteiger partial charge is 0.486 e. The van der Waals surface area contributed by atoms with Gasteiger partial charge in [0, 0.05) is 42.6 Å². The molecule has 0 saturated heterocycles.